The fourth-order valence-electron chi connectivity index (χ4n) is 2.36. The Hall–Kier alpha value is -0.120. The molecule has 1 fully saturated rings. The monoisotopic (exact) mass is 174 g/mol. The van der Waals surface area contributed by atoms with Crippen molar-refractivity contribution in [2.45, 2.75) is 57.7 Å². The molecule has 0 spiro atoms. The Bertz CT molecular complexity index is 159. The molecule has 3 heteroatoms. The van der Waals surface area contributed by atoms with Crippen LogP contribution in [0.5, 0.6) is 0 Å². The summed E-state index contributed by atoms with van der Waals surface area (Å²) >= 11 is 0. The Kier molecular flexibility index (Phi) is 2.23. The van der Waals surface area contributed by atoms with Gasteiger partial charge in [0.15, 0.2) is 0 Å². The van der Waals surface area contributed by atoms with E-state index in [2.05, 4.69) is 0 Å². The van der Waals surface area contributed by atoms with Crippen molar-refractivity contribution in [3.63, 3.8) is 0 Å². The van der Waals surface area contributed by atoms with Crippen LogP contribution in [-0.4, -0.2) is 27.5 Å². The fourth-order valence-corrected chi connectivity index (χ4v) is 2.36. The molecule has 3 nitrogen and oxygen atoms in total. The molecule has 0 aliphatic carbocycles. The van der Waals surface area contributed by atoms with Gasteiger partial charge in [0, 0.05) is 12.8 Å². The van der Waals surface area contributed by atoms with Gasteiger partial charge >= 0.3 is 0 Å². The average molecular weight is 174 g/mol. The van der Waals surface area contributed by atoms with Crippen molar-refractivity contribution in [3.8, 4) is 0 Å². The number of nitrogens with one attached hydrogen (secondary N) is 1. The number of quaternary nitrogens is 1. The second kappa shape index (κ2) is 2.69. The van der Waals surface area contributed by atoms with Crippen LogP contribution < -0.4 is 5.06 Å². The number of piperidine rings is 1. The topological polar surface area (TPSA) is 44.9 Å². The molecule has 3 N–H and O–H groups in total. The van der Waals surface area contributed by atoms with E-state index in [9.17, 15) is 10.3 Å². The van der Waals surface area contributed by atoms with Gasteiger partial charge in [-0.2, -0.15) is 5.06 Å². The van der Waals surface area contributed by atoms with Crippen LogP contribution in [-0.2, 0) is 0 Å². The summed E-state index contributed by atoms with van der Waals surface area (Å²) in [6, 6.07) is 0. The molecule has 0 atom stereocenters. The minimum atomic E-state index is -0.272. The van der Waals surface area contributed by atoms with Crippen molar-refractivity contribution in [2.75, 3.05) is 0 Å². The van der Waals surface area contributed by atoms with E-state index < -0.39 is 0 Å². The van der Waals surface area contributed by atoms with E-state index in [1.807, 2.05) is 27.7 Å². The van der Waals surface area contributed by atoms with Gasteiger partial charge in [-0.1, -0.05) is 0 Å². The number of rotatable bonds is 0. The van der Waals surface area contributed by atoms with Crippen LogP contribution >= 0.6 is 0 Å². The lowest BCUT2D eigenvalue weighted by atomic mass is 9.80. The maximum absolute atomic E-state index is 9.89. The smallest absolute Gasteiger partial charge is 0.124 e. The third-order valence-electron chi connectivity index (χ3n) is 2.77. The second-order valence-corrected chi connectivity index (χ2v) is 5.18. The number of hydroxylamine groups is 2. The fraction of sp³-hybridized carbons (Fsp3) is 1.00. The highest BCUT2D eigenvalue weighted by atomic mass is 16.5. The normalized spacial score (nSPS) is 39.5. The predicted molar refractivity (Wildman–Crippen MR) is 46.1 cm³/mol. The Morgan fingerprint density at radius 3 is 1.75 bits per heavy atom. The van der Waals surface area contributed by atoms with Crippen molar-refractivity contribution >= 4 is 0 Å². The van der Waals surface area contributed by atoms with Gasteiger partial charge in [0.2, 0.25) is 0 Å². The summed E-state index contributed by atoms with van der Waals surface area (Å²) in [6.45, 7) is 7.91. The van der Waals surface area contributed by atoms with E-state index in [0.29, 0.717) is 17.9 Å². The SMILES string of the molecule is CC1(C)CC(O)CC(C)(C)[NH+]1O. The van der Waals surface area contributed by atoms with Crippen molar-refractivity contribution in [1.82, 2.24) is 0 Å². The molecule has 1 aliphatic heterocycles. The molecule has 1 saturated heterocycles. The zero-order chi connectivity index (χ0) is 9.57. The third kappa shape index (κ3) is 1.63. The summed E-state index contributed by atoms with van der Waals surface area (Å²) in [5.41, 5.74) is -0.470. The molecule has 0 aromatic rings. The Morgan fingerprint density at radius 2 is 1.42 bits per heavy atom. The molecule has 0 saturated carbocycles. The third-order valence-corrected chi connectivity index (χ3v) is 2.77. The van der Waals surface area contributed by atoms with Crippen LogP contribution in [0.2, 0.25) is 0 Å². The van der Waals surface area contributed by atoms with E-state index in [0.717, 1.165) is 0 Å². The summed E-state index contributed by atoms with van der Waals surface area (Å²) in [5, 5.41) is 20.0. The van der Waals surface area contributed by atoms with Gasteiger partial charge in [0.05, 0.1) is 6.10 Å². The molecule has 0 radical (unpaired) electrons. The Balaban J connectivity index is 2.84. The zero-order valence-electron chi connectivity index (χ0n) is 8.39. The molecule has 72 valence electrons. The highest BCUT2D eigenvalue weighted by Gasteiger charge is 2.48. The Morgan fingerprint density at radius 1 is 1.08 bits per heavy atom. The minimum absolute atomic E-state index is 0.235. The van der Waals surface area contributed by atoms with E-state index >= 15 is 0 Å². The van der Waals surface area contributed by atoms with E-state index in [1.165, 1.54) is 0 Å². The first-order valence-electron chi connectivity index (χ1n) is 4.51. The van der Waals surface area contributed by atoms with Crippen LogP contribution in [0.15, 0.2) is 0 Å². The van der Waals surface area contributed by atoms with E-state index in [-0.39, 0.29) is 17.2 Å². The molecular formula is C9H20NO2+. The molecule has 1 heterocycles. The van der Waals surface area contributed by atoms with Gasteiger partial charge in [0.25, 0.3) is 0 Å². The van der Waals surface area contributed by atoms with E-state index in [4.69, 9.17) is 0 Å². The molecule has 0 unspecified atom stereocenters. The van der Waals surface area contributed by atoms with Crippen LogP contribution in [0.3, 0.4) is 0 Å². The van der Waals surface area contributed by atoms with Crippen LogP contribution in [0.4, 0.5) is 0 Å². The molecular weight excluding hydrogens is 154 g/mol. The predicted octanol–water partition coefficient (Wildman–Crippen LogP) is -0.0276. The molecule has 0 bridgehead atoms. The van der Waals surface area contributed by atoms with Crippen molar-refractivity contribution in [2.24, 2.45) is 0 Å². The quantitative estimate of drug-likeness (QED) is 0.483. The summed E-state index contributed by atoms with van der Waals surface area (Å²) in [7, 11) is 0. The summed E-state index contributed by atoms with van der Waals surface area (Å²) in [5.74, 6) is 0. The van der Waals surface area contributed by atoms with Gasteiger partial charge in [-0.05, 0) is 27.7 Å². The first kappa shape index (κ1) is 9.96. The second-order valence-electron chi connectivity index (χ2n) is 5.18. The number of hydrogen-bond donors (Lipinski definition) is 3. The number of aliphatic hydroxyl groups is 1. The van der Waals surface area contributed by atoms with Gasteiger partial charge in [-0.15, -0.1) is 0 Å². The summed E-state index contributed by atoms with van der Waals surface area (Å²) in [4.78, 5) is 0. The zero-order valence-corrected chi connectivity index (χ0v) is 8.39. The molecule has 12 heavy (non-hydrogen) atoms. The molecule has 0 aromatic heterocycles. The lowest BCUT2D eigenvalue weighted by molar-refractivity contribution is -1.16. The largest absolute Gasteiger partial charge is 0.393 e. The van der Waals surface area contributed by atoms with Crippen LogP contribution in [0.1, 0.15) is 40.5 Å². The summed E-state index contributed by atoms with van der Waals surface area (Å²) < 4.78 is 0. The maximum atomic E-state index is 9.89. The molecule has 1 aliphatic rings. The standard InChI is InChI=1S/C9H19NO2/c1-8(2)5-7(11)6-9(3,4)10(8)12/h7,11-12H,5-6H2,1-4H3/p+1. The molecule has 1 rings (SSSR count). The lowest BCUT2D eigenvalue weighted by Crippen LogP contribution is -3.25. The van der Waals surface area contributed by atoms with Crippen LogP contribution in [0, 0.1) is 0 Å². The summed E-state index contributed by atoms with van der Waals surface area (Å²) in [6.07, 6.45) is 1.07. The molecule has 0 aromatic carbocycles. The number of aliphatic hydroxyl groups excluding tert-OH is 1. The van der Waals surface area contributed by atoms with Crippen molar-refractivity contribution in [3.05, 3.63) is 0 Å². The highest BCUT2D eigenvalue weighted by molar-refractivity contribution is 4.84. The van der Waals surface area contributed by atoms with E-state index in [1.54, 1.807) is 0 Å². The van der Waals surface area contributed by atoms with Crippen LogP contribution in [0.25, 0.3) is 0 Å². The minimum Gasteiger partial charge on any atom is -0.393 e. The highest BCUT2D eigenvalue weighted by Crippen LogP contribution is 2.22. The van der Waals surface area contributed by atoms with Crippen molar-refractivity contribution < 1.29 is 15.4 Å². The lowest BCUT2D eigenvalue weighted by Gasteiger charge is -2.45. The van der Waals surface area contributed by atoms with Gasteiger partial charge in [-0.3, -0.25) is 0 Å². The van der Waals surface area contributed by atoms with Gasteiger partial charge < -0.3 is 5.11 Å². The maximum Gasteiger partial charge on any atom is 0.124 e. The van der Waals surface area contributed by atoms with Gasteiger partial charge in [0.1, 0.15) is 11.1 Å². The Labute approximate surface area is 74.0 Å². The average Bonchev–Trinajstić information content (AvgIpc) is 1.80. The van der Waals surface area contributed by atoms with Crippen molar-refractivity contribution in [1.29, 1.82) is 0 Å². The number of hydrogen-bond acceptors (Lipinski definition) is 2. The molecule has 0 amide bonds. The van der Waals surface area contributed by atoms with Gasteiger partial charge in [-0.25, -0.2) is 5.21 Å². The first-order chi connectivity index (χ1) is 5.26. The first-order valence-corrected chi connectivity index (χ1v) is 4.51.